The second-order valence-corrected chi connectivity index (χ2v) is 5.54. The Hall–Kier alpha value is -2.00. The summed E-state index contributed by atoms with van der Waals surface area (Å²) in [6, 6.07) is 3.10. The average molecular weight is 301 g/mol. The number of pyridine rings is 1. The molecule has 2 N–H and O–H groups in total. The summed E-state index contributed by atoms with van der Waals surface area (Å²) in [5.74, 6) is 0.327. The van der Waals surface area contributed by atoms with Crippen LogP contribution < -0.4 is 4.72 Å². The van der Waals surface area contributed by atoms with E-state index in [9.17, 15) is 8.42 Å². The van der Waals surface area contributed by atoms with Gasteiger partial charge in [0.25, 0.3) is 16.5 Å². The summed E-state index contributed by atoms with van der Waals surface area (Å²) in [6.45, 7) is 1.40. The first-order valence-electron chi connectivity index (χ1n) is 4.91. The Morgan fingerprint density at radius 1 is 1.42 bits per heavy atom. The Bertz CT molecular complexity index is 626. The van der Waals surface area contributed by atoms with E-state index in [4.69, 9.17) is 9.90 Å². The molecule has 0 aliphatic heterocycles. The zero-order valence-electron chi connectivity index (χ0n) is 9.85. The highest BCUT2D eigenvalue weighted by Gasteiger charge is 2.17. The fourth-order valence-corrected chi connectivity index (χ4v) is 2.96. The minimum Gasteiger partial charge on any atom is -0.483 e. The number of rotatable bonds is 3. The van der Waals surface area contributed by atoms with Crippen molar-refractivity contribution in [3.8, 4) is 0 Å². The lowest BCUT2D eigenvalue weighted by Crippen LogP contribution is -2.14. The summed E-state index contributed by atoms with van der Waals surface area (Å²) in [6.07, 6.45) is 1.55. The van der Waals surface area contributed by atoms with Crippen LogP contribution in [-0.2, 0) is 14.8 Å². The van der Waals surface area contributed by atoms with Gasteiger partial charge in [0.15, 0.2) is 5.82 Å². The number of hydrogen-bond acceptors (Lipinski definition) is 6. The van der Waals surface area contributed by atoms with Crippen molar-refractivity contribution in [2.45, 2.75) is 11.8 Å². The molecule has 0 saturated carbocycles. The zero-order valence-corrected chi connectivity index (χ0v) is 11.5. The van der Waals surface area contributed by atoms with Crippen molar-refractivity contribution in [1.29, 1.82) is 0 Å². The van der Waals surface area contributed by atoms with E-state index in [0.717, 1.165) is 0 Å². The fourth-order valence-electron chi connectivity index (χ4n) is 1.21. The highest BCUT2D eigenvalue weighted by atomic mass is 32.2. The molecular formula is C10H11N3O4S2. The Morgan fingerprint density at radius 3 is 2.63 bits per heavy atom. The van der Waals surface area contributed by atoms with Gasteiger partial charge in [0.1, 0.15) is 4.90 Å². The van der Waals surface area contributed by atoms with E-state index in [1.807, 2.05) is 0 Å². The van der Waals surface area contributed by atoms with Crippen LogP contribution in [0.4, 0.5) is 5.82 Å². The van der Waals surface area contributed by atoms with Gasteiger partial charge in [-0.15, -0.1) is 11.3 Å². The molecule has 2 heterocycles. The molecule has 0 bridgehead atoms. The summed E-state index contributed by atoms with van der Waals surface area (Å²) in [5.41, 5.74) is 2.03. The van der Waals surface area contributed by atoms with Gasteiger partial charge in [-0.05, 0) is 19.1 Å². The molecule has 0 saturated heterocycles. The average Bonchev–Trinajstić information content (AvgIpc) is 2.82. The van der Waals surface area contributed by atoms with E-state index in [0.29, 0.717) is 11.5 Å². The van der Waals surface area contributed by atoms with Crippen LogP contribution in [-0.4, -0.2) is 30.0 Å². The Balaban J connectivity index is 0.000000550. The monoisotopic (exact) mass is 301 g/mol. The van der Waals surface area contributed by atoms with Crippen LogP contribution in [0.5, 0.6) is 0 Å². The van der Waals surface area contributed by atoms with Crippen molar-refractivity contribution in [1.82, 2.24) is 9.97 Å². The standard InChI is InChI=1S/C9H9N3O2S2.CH2O2/c1-7-8(3-2-4-10-7)16(13,14)12-9-5-15-6-11-9;2-1-3/h2-6,12H,1H3;1H,(H,2,3). The van der Waals surface area contributed by atoms with Crippen molar-refractivity contribution in [3.05, 3.63) is 34.9 Å². The van der Waals surface area contributed by atoms with Gasteiger partial charge in [-0.1, -0.05) is 0 Å². The maximum absolute atomic E-state index is 11.9. The molecule has 9 heteroatoms. The molecule has 19 heavy (non-hydrogen) atoms. The number of aryl methyl sites for hydroxylation is 1. The summed E-state index contributed by atoms with van der Waals surface area (Å²) in [4.78, 5) is 16.3. The first-order chi connectivity index (χ1) is 9.01. The van der Waals surface area contributed by atoms with Crippen LogP contribution in [0.3, 0.4) is 0 Å². The quantitative estimate of drug-likeness (QED) is 0.828. The van der Waals surface area contributed by atoms with Crippen LogP contribution in [0.1, 0.15) is 5.69 Å². The SMILES string of the molecule is Cc1ncccc1S(=O)(=O)Nc1cscn1.O=CO. The second kappa shape index (κ2) is 6.81. The molecule has 0 unspecified atom stereocenters. The number of hydrogen-bond donors (Lipinski definition) is 2. The van der Waals surface area contributed by atoms with Gasteiger partial charge in [0.05, 0.1) is 11.2 Å². The minimum absolute atomic E-state index is 0.169. The molecule has 0 amide bonds. The molecule has 0 atom stereocenters. The maximum atomic E-state index is 11.9. The van der Waals surface area contributed by atoms with Crippen molar-refractivity contribution < 1.29 is 18.3 Å². The summed E-state index contributed by atoms with van der Waals surface area (Å²) >= 11 is 1.33. The first kappa shape index (κ1) is 15.1. The second-order valence-electron chi connectivity index (χ2n) is 3.17. The van der Waals surface area contributed by atoms with Crippen molar-refractivity contribution in [2.75, 3.05) is 4.72 Å². The number of sulfonamides is 1. The first-order valence-corrected chi connectivity index (χ1v) is 7.34. The van der Waals surface area contributed by atoms with Gasteiger partial charge in [-0.3, -0.25) is 14.5 Å². The third-order valence-corrected chi connectivity index (χ3v) is 3.99. The number of anilines is 1. The van der Waals surface area contributed by atoms with E-state index >= 15 is 0 Å². The van der Waals surface area contributed by atoms with E-state index in [2.05, 4.69) is 14.7 Å². The summed E-state index contributed by atoms with van der Waals surface area (Å²) in [7, 11) is -3.58. The van der Waals surface area contributed by atoms with E-state index in [-0.39, 0.29) is 11.4 Å². The molecule has 102 valence electrons. The van der Waals surface area contributed by atoms with Gasteiger partial charge < -0.3 is 5.11 Å². The Kier molecular flexibility index (Phi) is 5.39. The lowest BCUT2D eigenvalue weighted by atomic mass is 10.4. The fraction of sp³-hybridized carbons (Fsp3) is 0.100. The lowest BCUT2D eigenvalue weighted by Gasteiger charge is -2.06. The molecule has 0 aromatic carbocycles. The van der Waals surface area contributed by atoms with E-state index < -0.39 is 10.0 Å². The van der Waals surface area contributed by atoms with Crippen LogP contribution in [0.2, 0.25) is 0 Å². The highest BCUT2D eigenvalue weighted by Crippen LogP contribution is 2.17. The van der Waals surface area contributed by atoms with Gasteiger partial charge in [0, 0.05) is 11.6 Å². The molecular weight excluding hydrogens is 290 g/mol. The van der Waals surface area contributed by atoms with Crippen LogP contribution >= 0.6 is 11.3 Å². The maximum Gasteiger partial charge on any atom is 0.290 e. The molecule has 2 aromatic rings. The smallest absolute Gasteiger partial charge is 0.290 e. The van der Waals surface area contributed by atoms with Crippen molar-refractivity contribution in [3.63, 3.8) is 0 Å². The van der Waals surface area contributed by atoms with Crippen LogP contribution in [0.25, 0.3) is 0 Å². The highest BCUT2D eigenvalue weighted by molar-refractivity contribution is 7.92. The molecule has 2 aromatic heterocycles. The molecule has 0 fully saturated rings. The molecule has 0 aliphatic carbocycles. The van der Waals surface area contributed by atoms with Gasteiger partial charge >= 0.3 is 0 Å². The summed E-state index contributed by atoms with van der Waals surface area (Å²) < 4.78 is 26.3. The zero-order chi connectivity index (χ0) is 14.3. The van der Waals surface area contributed by atoms with Gasteiger partial charge in [0.2, 0.25) is 0 Å². The molecule has 0 aliphatic rings. The number of aromatic nitrogens is 2. The number of carbonyl (C=O) groups is 1. The van der Waals surface area contributed by atoms with Crippen molar-refractivity contribution >= 4 is 33.7 Å². The predicted octanol–water partition coefficient (Wildman–Crippen LogP) is 1.35. The van der Waals surface area contributed by atoms with Crippen LogP contribution in [0, 0.1) is 6.92 Å². The van der Waals surface area contributed by atoms with E-state index in [1.54, 1.807) is 30.1 Å². The topological polar surface area (TPSA) is 109 Å². The van der Waals surface area contributed by atoms with Crippen molar-refractivity contribution in [2.24, 2.45) is 0 Å². The molecule has 7 nitrogen and oxygen atoms in total. The molecule has 0 radical (unpaired) electrons. The van der Waals surface area contributed by atoms with Gasteiger partial charge in [-0.2, -0.15) is 0 Å². The lowest BCUT2D eigenvalue weighted by molar-refractivity contribution is -0.122. The third-order valence-electron chi connectivity index (χ3n) is 1.92. The molecule has 0 spiro atoms. The summed E-state index contributed by atoms with van der Waals surface area (Å²) in [5, 5.41) is 8.52. The number of nitrogens with zero attached hydrogens (tertiary/aromatic N) is 2. The van der Waals surface area contributed by atoms with Gasteiger partial charge in [-0.25, -0.2) is 13.4 Å². The number of thiazole rings is 1. The Labute approximate surface area is 114 Å². The third kappa shape index (κ3) is 4.30. The number of carboxylic acid groups (broad SMARTS) is 1. The minimum atomic E-state index is -3.58. The molecule has 2 rings (SSSR count). The largest absolute Gasteiger partial charge is 0.483 e. The van der Waals surface area contributed by atoms with Crippen LogP contribution in [0.15, 0.2) is 34.1 Å². The van der Waals surface area contributed by atoms with E-state index in [1.165, 1.54) is 17.4 Å². The predicted molar refractivity (Wildman–Crippen MR) is 70.6 cm³/mol. The normalized spacial score (nSPS) is 10.2. The number of nitrogens with one attached hydrogen (secondary N) is 1. The Morgan fingerprint density at radius 2 is 2.11 bits per heavy atom.